The van der Waals surface area contributed by atoms with Crippen LogP contribution in [-0.2, 0) is 4.79 Å². The molecule has 0 radical (unpaired) electrons. The fourth-order valence-electron chi connectivity index (χ4n) is 2.71. The second-order valence-corrected chi connectivity index (χ2v) is 6.11. The van der Waals surface area contributed by atoms with Crippen molar-refractivity contribution in [3.05, 3.63) is 34.9 Å². The van der Waals surface area contributed by atoms with E-state index in [0.717, 1.165) is 25.1 Å². The van der Waals surface area contributed by atoms with Crippen LogP contribution in [0.15, 0.2) is 24.3 Å². The van der Waals surface area contributed by atoms with Crippen LogP contribution in [0.4, 0.5) is 0 Å². The summed E-state index contributed by atoms with van der Waals surface area (Å²) < 4.78 is 0. The number of primary amides is 1. The second-order valence-electron chi connectivity index (χ2n) is 5.67. The highest BCUT2D eigenvalue weighted by Crippen LogP contribution is 2.22. The molecule has 2 atom stereocenters. The van der Waals surface area contributed by atoms with Crippen molar-refractivity contribution in [1.29, 1.82) is 0 Å². The Morgan fingerprint density at radius 1 is 1.45 bits per heavy atom. The van der Waals surface area contributed by atoms with E-state index in [-0.39, 0.29) is 11.8 Å². The average molecular weight is 296 g/mol. The van der Waals surface area contributed by atoms with Crippen LogP contribution in [0.5, 0.6) is 0 Å². The summed E-state index contributed by atoms with van der Waals surface area (Å²) in [5.41, 5.74) is 6.51. The largest absolute Gasteiger partial charge is 0.369 e. The van der Waals surface area contributed by atoms with Crippen molar-refractivity contribution in [3.63, 3.8) is 0 Å². The maximum atomic E-state index is 11.7. The number of nitrogens with two attached hydrogens (primary N) is 1. The summed E-state index contributed by atoms with van der Waals surface area (Å²) in [6, 6.07) is 7.95. The highest BCUT2D eigenvalue weighted by atomic mass is 35.5. The highest BCUT2D eigenvalue weighted by Gasteiger charge is 2.28. The van der Waals surface area contributed by atoms with E-state index in [2.05, 4.69) is 23.9 Å². The van der Waals surface area contributed by atoms with Gasteiger partial charge in [0.1, 0.15) is 0 Å². The number of carbonyl (C=O) groups excluding carboxylic acids is 1. The monoisotopic (exact) mass is 295 g/mol. The Morgan fingerprint density at radius 3 is 2.60 bits per heavy atom. The Morgan fingerprint density at radius 2 is 2.10 bits per heavy atom. The van der Waals surface area contributed by atoms with Gasteiger partial charge in [-0.15, -0.1) is 0 Å². The number of hydrogen-bond donors (Lipinski definition) is 1. The van der Waals surface area contributed by atoms with Crippen molar-refractivity contribution in [2.45, 2.75) is 18.4 Å². The Hall–Kier alpha value is -1.10. The van der Waals surface area contributed by atoms with E-state index in [1.54, 1.807) is 12.1 Å². The standard InChI is InChI=1S/C15H22ClN3O/c1-18(2)13-7-8-19(9-13)10-14(15(17)20)11-3-5-12(16)6-4-11/h3-6,13-14H,7-10H2,1-2H3,(H2,17,20)/t13?,14-/m0/s1. The lowest BCUT2D eigenvalue weighted by molar-refractivity contribution is -0.119. The van der Waals surface area contributed by atoms with Gasteiger partial charge in [0.15, 0.2) is 0 Å². The van der Waals surface area contributed by atoms with Gasteiger partial charge in [0.05, 0.1) is 5.92 Å². The van der Waals surface area contributed by atoms with Gasteiger partial charge in [-0.2, -0.15) is 0 Å². The summed E-state index contributed by atoms with van der Waals surface area (Å²) in [6.45, 7) is 2.69. The first-order chi connectivity index (χ1) is 9.47. The fourth-order valence-corrected chi connectivity index (χ4v) is 2.84. The Bertz CT molecular complexity index is 461. The predicted octanol–water partition coefficient (Wildman–Crippen LogP) is 1.54. The number of nitrogens with zero attached hydrogens (tertiary/aromatic N) is 2. The Balaban J connectivity index is 2.04. The lowest BCUT2D eigenvalue weighted by Gasteiger charge is -2.23. The minimum Gasteiger partial charge on any atom is -0.369 e. The maximum absolute atomic E-state index is 11.7. The minimum atomic E-state index is -0.277. The number of amides is 1. The summed E-state index contributed by atoms with van der Waals surface area (Å²) >= 11 is 5.89. The molecule has 20 heavy (non-hydrogen) atoms. The summed E-state index contributed by atoms with van der Waals surface area (Å²) in [5, 5.41) is 0.672. The van der Waals surface area contributed by atoms with Crippen LogP contribution in [0, 0.1) is 0 Å². The maximum Gasteiger partial charge on any atom is 0.226 e. The van der Waals surface area contributed by atoms with E-state index in [0.29, 0.717) is 17.6 Å². The Labute approximate surface area is 125 Å². The third kappa shape index (κ3) is 3.72. The van der Waals surface area contributed by atoms with Crippen molar-refractivity contribution >= 4 is 17.5 Å². The lowest BCUT2D eigenvalue weighted by Crippen LogP contribution is -2.36. The van der Waals surface area contributed by atoms with E-state index >= 15 is 0 Å². The van der Waals surface area contributed by atoms with Gasteiger partial charge in [0.25, 0.3) is 0 Å². The van der Waals surface area contributed by atoms with Crippen LogP contribution < -0.4 is 5.73 Å². The molecule has 1 amide bonds. The highest BCUT2D eigenvalue weighted by molar-refractivity contribution is 6.30. The summed E-state index contributed by atoms with van der Waals surface area (Å²) in [4.78, 5) is 16.3. The van der Waals surface area contributed by atoms with Crippen LogP contribution in [0.3, 0.4) is 0 Å². The third-order valence-corrected chi connectivity index (χ3v) is 4.29. The van der Waals surface area contributed by atoms with Gasteiger partial charge < -0.3 is 15.5 Å². The molecule has 1 aliphatic rings. The normalized spacial score (nSPS) is 21.3. The van der Waals surface area contributed by atoms with Gasteiger partial charge in [0.2, 0.25) is 5.91 Å². The molecule has 0 aromatic heterocycles. The number of likely N-dealkylation sites (tertiary alicyclic amines) is 1. The van der Waals surface area contributed by atoms with Crippen LogP contribution in [0.25, 0.3) is 0 Å². The van der Waals surface area contributed by atoms with Gasteiger partial charge in [-0.05, 0) is 44.8 Å². The van der Waals surface area contributed by atoms with Gasteiger partial charge in [0, 0.05) is 24.2 Å². The number of hydrogen-bond acceptors (Lipinski definition) is 3. The molecule has 1 saturated heterocycles. The molecule has 1 aromatic carbocycles. The first-order valence-electron chi connectivity index (χ1n) is 6.91. The molecule has 1 aliphatic heterocycles. The molecule has 1 aromatic rings. The molecule has 4 nitrogen and oxygen atoms in total. The zero-order valence-corrected chi connectivity index (χ0v) is 12.8. The summed E-state index contributed by atoms with van der Waals surface area (Å²) in [7, 11) is 4.19. The summed E-state index contributed by atoms with van der Waals surface area (Å²) in [5.74, 6) is -0.547. The molecule has 2 rings (SSSR count). The van der Waals surface area contributed by atoms with Crippen LogP contribution >= 0.6 is 11.6 Å². The van der Waals surface area contributed by atoms with Crippen molar-refractivity contribution in [3.8, 4) is 0 Å². The van der Waals surface area contributed by atoms with Gasteiger partial charge in [-0.1, -0.05) is 23.7 Å². The van der Waals surface area contributed by atoms with E-state index < -0.39 is 0 Å². The van der Waals surface area contributed by atoms with Crippen molar-refractivity contribution < 1.29 is 4.79 Å². The zero-order valence-electron chi connectivity index (χ0n) is 12.1. The van der Waals surface area contributed by atoms with Gasteiger partial charge in [-0.25, -0.2) is 0 Å². The number of carbonyl (C=O) groups is 1. The molecular formula is C15H22ClN3O. The molecule has 0 saturated carbocycles. The molecule has 1 fully saturated rings. The van der Waals surface area contributed by atoms with Gasteiger partial charge in [-0.3, -0.25) is 4.79 Å². The molecule has 0 aliphatic carbocycles. The molecule has 2 N–H and O–H groups in total. The number of rotatable bonds is 5. The van der Waals surface area contributed by atoms with E-state index in [1.807, 2.05) is 12.1 Å². The van der Waals surface area contributed by atoms with E-state index in [1.165, 1.54) is 0 Å². The minimum absolute atomic E-state index is 0.270. The smallest absolute Gasteiger partial charge is 0.226 e. The molecule has 110 valence electrons. The van der Waals surface area contributed by atoms with E-state index in [9.17, 15) is 4.79 Å². The first kappa shape index (κ1) is 15.3. The van der Waals surface area contributed by atoms with Crippen LogP contribution in [0.1, 0.15) is 17.9 Å². The number of halogens is 1. The molecule has 5 heteroatoms. The molecule has 0 bridgehead atoms. The zero-order chi connectivity index (χ0) is 14.7. The molecular weight excluding hydrogens is 274 g/mol. The number of benzene rings is 1. The van der Waals surface area contributed by atoms with Crippen molar-refractivity contribution in [1.82, 2.24) is 9.80 Å². The lowest BCUT2D eigenvalue weighted by atomic mass is 9.98. The van der Waals surface area contributed by atoms with Crippen molar-refractivity contribution in [2.75, 3.05) is 33.7 Å². The average Bonchev–Trinajstić information content (AvgIpc) is 2.86. The van der Waals surface area contributed by atoms with Crippen LogP contribution in [-0.4, -0.2) is 55.5 Å². The quantitative estimate of drug-likeness (QED) is 0.896. The molecule has 1 unspecified atom stereocenters. The van der Waals surface area contributed by atoms with Crippen LogP contribution in [0.2, 0.25) is 5.02 Å². The third-order valence-electron chi connectivity index (χ3n) is 4.03. The first-order valence-corrected chi connectivity index (χ1v) is 7.28. The Kier molecular flexibility index (Phi) is 5.02. The molecule has 1 heterocycles. The SMILES string of the molecule is CN(C)C1CCN(C[C@H](C(N)=O)c2ccc(Cl)cc2)C1. The van der Waals surface area contributed by atoms with E-state index in [4.69, 9.17) is 17.3 Å². The van der Waals surface area contributed by atoms with Crippen molar-refractivity contribution in [2.24, 2.45) is 5.73 Å². The topological polar surface area (TPSA) is 49.6 Å². The predicted molar refractivity (Wildman–Crippen MR) is 81.9 cm³/mol. The van der Waals surface area contributed by atoms with Gasteiger partial charge >= 0.3 is 0 Å². The fraction of sp³-hybridized carbons (Fsp3) is 0.533. The number of likely N-dealkylation sites (N-methyl/N-ethyl adjacent to an activating group) is 1. The molecule has 0 spiro atoms. The summed E-state index contributed by atoms with van der Waals surface area (Å²) in [6.07, 6.45) is 1.14. The second kappa shape index (κ2) is 6.57.